The molecular weight excluding hydrogens is 214 g/mol. The highest BCUT2D eigenvalue weighted by Crippen LogP contribution is 2.34. The fourth-order valence-electron chi connectivity index (χ4n) is 3.14. The van der Waals surface area contributed by atoms with E-state index in [9.17, 15) is 9.90 Å². The molecule has 0 bridgehead atoms. The fraction of sp³-hybridized carbons (Fsp3) is 0.929. The first-order valence-electron chi connectivity index (χ1n) is 7.04. The molecule has 17 heavy (non-hydrogen) atoms. The molecule has 0 aliphatic heterocycles. The lowest BCUT2D eigenvalue weighted by Crippen LogP contribution is -2.57. The van der Waals surface area contributed by atoms with Gasteiger partial charge in [-0.1, -0.05) is 32.6 Å². The van der Waals surface area contributed by atoms with Crippen molar-refractivity contribution in [2.24, 2.45) is 0 Å². The molecule has 0 spiro atoms. The highest BCUT2D eigenvalue weighted by Gasteiger charge is 2.44. The topological polar surface area (TPSA) is 40.5 Å². The molecule has 1 fully saturated rings. The quantitative estimate of drug-likeness (QED) is 0.751. The van der Waals surface area contributed by atoms with Gasteiger partial charge in [0.25, 0.3) is 0 Å². The number of rotatable bonds is 5. The van der Waals surface area contributed by atoms with Crippen molar-refractivity contribution in [2.75, 3.05) is 6.54 Å². The number of carbonyl (C=O) groups is 1. The van der Waals surface area contributed by atoms with Gasteiger partial charge in [-0.25, -0.2) is 0 Å². The third-order valence-corrected chi connectivity index (χ3v) is 3.97. The van der Waals surface area contributed by atoms with Crippen LogP contribution >= 0.6 is 0 Å². The van der Waals surface area contributed by atoms with Gasteiger partial charge in [-0.2, -0.15) is 0 Å². The van der Waals surface area contributed by atoms with Crippen LogP contribution in [0.4, 0.5) is 0 Å². The van der Waals surface area contributed by atoms with Gasteiger partial charge in [0.2, 0.25) is 0 Å². The van der Waals surface area contributed by atoms with Gasteiger partial charge in [0.05, 0.1) is 0 Å². The van der Waals surface area contributed by atoms with E-state index in [1.165, 1.54) is 12.8 Å². The van der Waals surface area contributed by atoms with Crippen LogP contribution in [0.3, 0.4) is 0 Å². The van der Waals surface area contributed by atoms with Crippen molar-refractivity contribution in [2.45, 2.75) is 77.3 Å². The van der Waals surface area contributed by atoms with Gasteiger partial charge >= 0.3 is 5.97 Å². The molecule has 0 aromatic rings. The van der Waals surface area contributed by atoms with Crippen LogP contribution < -0.4 is 0 Å². The Hall–Kier alpha value is -0.570. The van der Waals surface area contributed by atoms with Gasteiger partial charge in [-0.15, -0.1) is 0 Å². The summed E-state index contributed by atoms with van der Waals surface area (Å²) in [6.07, 6.45) is 7.15. The summed E-state index contributed by atoms with van der Waals surface area (Å²) < 4.78 is 0. The minimum Gasteiger partial charge on any atom is -0.480 e. The molecule has 0 radical (unpaired) electrons. The molecule has 3 nitrogen and oxygen atoms in total. The average molecular weight is 241 g/mol. The zero-order chi connectivity index (χ0) is 12.9. The van der Waals surface area contributed by atoms with E-state index in [1.807, 2.05) is 0 Å². The first-order chi connectivity index (χ1) is 8.04. The van der Waals surface area contributed by atoms with E-state index < -0.39 is 11.5 Å². The molecule has 0 unspecified atom stereocenters. The lowest BCUT2D eigenvalue weighted by atomic mass is 9.86. The summed E-state index contributed by atoms with van der Waals surface area (Å²) in [5.41, 5.74) is -0.597. The number of aliphatic carboxylic acids is 1. The molecule has 0 heterocycles. The van der Waals surface area contributed by atoms with E-state index >= 15 is 0 Å². The van der Waals surface area contributed by atoms with Crippen LogP contribution in [0.2, 0.25) is 0 Å². The predicted molar refractivity (Wildman–Crippen MR) is 70.2 cm³/mol. The molecular formula is C14H27NO2. The van der Waals surface area contributed by atoms with Crippen LogP contribution in [-0.2, 0) is 4.79 Å². The van der Waals surface area contributed by atoms with Crippen LogP contribution in [0.25, 0.3) is 0 Å². The van der Waals surface area contributed by atoms with Crippen molar-refractivity contribution in [3.05, 3.63) is 0 Å². The Morgan fingerprint density at radius 2 is 1.76 bits per heavy atom. The highest BCUT2D eigenvalue weighted by molar-refractivity contribution is 5.78. The standard InChI is InChI=1S/C14H27NO2/c1-4-11-15(12(2)3)14(13(16)17)9-7-5-6-8-10-14/h12H,4-11H2,1-3H3,(H,16,17). The molecule has 3 heteroatoms. The molecule has 1 aliphatic rings. The average Bonchev–Trinajstić information content (AvgIpc) is 2.51. The van der Waals surface area contributed by atoms with Gasteiger partial charge < -0.3 is 5.11 Å². The minimum atomic E-state index is -0.610. The molecule has 100 valence electrons. The maximum atomic E-state index is 11.8. The monoisotopic (exact) mass is 241 g/mol. The van der Waals surface area contributed by atoms with Crippen molar-refractivity contribution >= 4 is 5.97 Å². The first kappa shape index (κ1) is 14.5. The summed E-state index contributed by atoms with van der Waals surface area (Å²) in [5, 5.41) is 9.72. The van der Waals surface area contributed by atoms with Crippen molar-refractivity contribution in [1.29, 1.82) is 0 Å². The lowest BCUT2D eigenvalue weighted by molar-refractivity contribution is -0.154. The lowest BCUT2D eigenvalue weighted by Gasteiger charge is -2.43. The third kappa shape index (κ3) is 3.21. The number of nitrogens with zero attached hydrogens (tertiary/aromatic N) is 1. The van der Waals surface area contributed by atoms with Gasteiger partial charge in [0.1, 0.15) is 5.54 Å². The second kappa shape index (κ2) is 6.39. The molecule has 1 N–H and O–H groups in total. The normalized spacial score (nSPS) is 20.5. The molecule has 0 saturated heterocycles. The fourth-order valence-corrected chi connectivity index (χ4v) is 3.14. The van der Waals surface area contributed by atoms with E-state index in [0.29, 0.717) is 6.04 Å². The van der Waals surface area contributed by atoms with Crippen LogP contribution in [0.5, 0.6) is 0 Å². The molecule has 1 saturated carbocycles. The zero-order valence-corrected chi connectivity index (χ0v) is 11.5. The van der Waals surface area contributed by atoms with E-state index in [1.54, 1.807) is 0 Å². The van der Waals surface area contributed by atoms with Crippen LogP contribution in [0.15, 0.2) is 0 Å². The Kier molecular flexibility index (Phi) is 5.44. The van der Waals surface area contributed by atoms with Crippen molar-refractivity contribution in [3.8, 4) is 0 Å². The van der Waals surface area contributed by atoms with Gasteiger partial charge in [0, 0.05) is 6.04 Å². The van der Waals surface area contributed by atoms with E-state index in [4.69, 9.17) is 0 Å². The molecule has 1 rings (SSSR count). The van der Waals surface area contributed by atoms with Gasteiger partial charge in [-0.3, -0.25) is 9.69 Å². The summed E-state index contributed by atoms with van der Waals surface area (Å²) in [6, 6.07) is 0.309. The summed E-state index contributed by atoms with van der Waals surface area (Å²) >= 11 is 0. The first-order valence-corrected chi connectivity index (χ1v) is 7.04. The maximum Gasteiger partial charge on any atom is 0.324 e. The Morgan fingerprint density at radius 3 is 2.12 bits per heavy atom. The largest absolute Gasteiger partial charge is 0.480 e. The number of carboxylic acids is 1. The number of hydrogen-bond donors (Lipinski definition) is 1. The Balaban J connectivity index is 2.97. The van der Waals surface area contributed by atoms with E-state index in [2.05, 4.69) is 25.7 Å². The van der Waals surface area contributed by atoms with E-state index in [0.717, 1.165) is 38.6 Å². The van der Waals surface area contributed by atoms with Crippen LogP contribution in [0.1, 0.15) is 65.7 Å². The van der Waals surface area contributed by atoms with Gasteiger partial charge in [-0.05, 0) is 39.7 Å². The summed E-state index contributed by atoms with van der Waals surface area (Å²) in [6.45, 7) is 7.25. The maximum absolute atomic E-state index is 11.8. The Morgan fingerprint density at radius 1 is 1.24 bits per heavy atom. The Labute approximate surface area is 105 Å². The highest BCUT2D eigenvalue weighted by atomic mass is 16.4. The van der Waals surface area contributed by atoms with Crippen molar-refractivity contribution in [1.82, 2.24) is 4.90 Å². The Bertz CT molecular complexity index is 243. The summed E-state index contributed by atoms with van der Waals surface area (Å²) in [4.78, 5) is 14.0. The number of hydrogen-bond acceptors (Lipinski definition) is 2. The molecule has 0 aromatic carbocycles. The molecule has 0 atom stereocenters. The van der Waals surface area contributed by atoms with Gasteiger partial charge in [0.15, 0.2) is 0 Å². The molecule has 1 aliphatic carbocycles. The minimum absolute atomic E-state index is 0.309. The third-order valence-electron chi connectivity index (χ3n) is 3.97. The summed E-state index contributed by atoms with van der Waals surface area (Å²) in [5.74, 6) is -0.610. The second-order valence-electron chi connectivity index (χ2n) is 5.54. The molecule has 0 amide bonds. The van der Waals surface area contributed by atoms with Crippen molar-refractivity contribution < 1.29 is 9.90 Å². The SMILES string of the molecule is CCCN(C(C)C)C1(C(=O)O)CCCCCC1. The zero-order valence-electron chi connectivity index (χ0n) is 11.5. The predicted octanol–water partition coefficient (Wildman–Crippen LogP) is 3.28. The molecule has 0 aromatic heterocycles. The van der Waals surface area contributed by atoms with Crippen LogP contribution in [0, 0.1) is 0 Å². The summed E-state index contributed by atoms with van der Waals surface area (Å²) in [7, 11) is 0. The van der Waals surface area contributed by atoms with Crippen molar-refractivity contribution in [3.63, 3.8) is 0 Å². The second-order valence-corrected chi connectivity index (χ2v) is 5.54. The smallest absolute Gasteiger partial charge is 0.324 e. The van der Waals surface area contributed by atoms with E-state index in [-0.39, 0.29) is 0 Å². The van der Waals surface area contributed by atoms with Crippen LogP contribution in [-0.4, -0.2) is 34.1 Å². The number of carboxylic acid groups (broad SMARTS) is 1.